The molecule has 0 aliphatic heterocycles. The molecule has 194 valence electrons. The van der Waals surface area contributed by atoms with Gasteiger partial charge in [-0.1, -0.05) is 53.0 Å². The maximum absolute atomic E-state index is 14.4. The summed E-state index contributed by atoms with van der Waals surface area (Å²) in [5.74, 6) is 0.422. The lowest BCUT2D eigenvalue weighted by Gasteiger charge is -2.19. The predicted molar refractivity (Wildman–Crippen MR) is 163 cm³/mol. The summed E-state index contributed by atoms with van der Waals surface area (Å²) < 4.78 is 36.9. The van der Waals surface area contributed by atoms with Crippen LogP contribution in [0.4, 0.5) is 0 Å². The fourth-order valence-electron chi connectivity index (χ4n) is 4.00. The third-order valence-electron chi connectivity index (χ3n) is 5.72. The Labute approximate surface area is 256 Å². The quantitative estimate of drug-likeness (QED) is 0.158. The molecule has 0 unspecified atom stereocenters. The van der Waals surface area contributed by atoms with Crippen molar-refractivity contribution in [3.8, 4) is 17.6 Å². The molecule has 0 atom stereocenters. The number of nitrogens with zero attached hydrogens (tertiary/aromatic N) is 3. The lowest BCUT2D eigenvalue weighted by Crippen LogP contribution is -2.10. The minimum atomic E-state index is -4.46. The van der Waals surface area contributed by atoms with Crippen molar-refractivity contribution in [3.05, 3.63) is 87.9 Å². The Bertz CT molecular complexity index is 1720. The van der Waals surface area contributed by atoms with Gasteiger partial charge in [0.2, 0.25) is 17.6 Å². The van der Waals surface area contributed by atoms with Crippen LogP contribution in [-0.4, -0.2) is 10.8 Å². The van der Waals surface area contributed by atoms with Crippen molar-refractivity contribution in [2.75, 3.05) is 0 Å². The second kappa shape index (κ2) is 10.0. The van der Waals surface area contributed by atoms with Crippen LogP contribution in [0.25, 0.3) is 32.7 Å². The van der Waals surface area contributed by atoms with E-state index in [0.717, 1.165) is 0 Å². The summed E-state index contributed by atoms with van der Waals surface area (Å²) in [6.07, 6.45) is 0. The first kappa shape index (κ1) is 26.4. The van der Waals surface area contributed by atoms with Gasteiger partial charge in [-0.2, -0.15) is 4.57 Å². The summed E-state index contributed by atoms with van der Waals surface area (Å²) >= 11 is 29.5. The second-order valence-corrected chi connectivity index (χ2v) is 12.8. The monoisotopic (exact) mass is 779 g/mol. The molecule has 0 aliphatic carbocycles. The standard InChI is InChI=1S/C24H12Br3Cl3N3O4P/c25-31-19-7-1-4-16(28)13(19)10-22(31)35-38(34,36-23-11-14-17(29)5-2-8-20(14)32(23)26)37-24-12-15-18(30)6-3-9-21(15)33(24)27/h1-12H. The van der Waals surface area contributed by atoms with Gasteiger partial charge in [-0.15, -0.1) is 0 Å². The second-order valence-electron chi connectivity index (χ2n) is 8.03. The maximum atomic E-state index is 14.4. The van der Waals surface area contributed by atoms with E-state index in [2.05, 4.69) is 48.4 Å². The number of benzene rings is 3. The molecular formula is C24H12Br3Cl3N3O4P. The van der Waals surface area contributed by atoms with E-state index in [1.165, 1.54) is 10.8 Å². The largest absolute Gasteiger partial charge is 0.650 e. The zero-order valence-electron chi connectivity index (χ0n) is 18.6. The molecule has 0 spiro atoms. The minimum Gasteiger partial charge on any atom is -0.368 e. The average Bonchev–Trinajstić information content (AvgIpc) is 3.49. The molecule has 0 fully saturated rings. The molecule has 0 bridgehead atoms. The minimum absolute atomic E-state index is 0.141. The zero-order chi connectivity index (χ0) is 26.8. The Kier molecular flexibility index (Phi) is 6.96. The van der Waals surface area contributed by atoms with Crippen LogP contribution in [0.15, 0.2) is 72.8 Å². The van der Waals surface area contributed by atoms with E-state index in [-0.39, 0.29) is 17.6 Å². The predicted octanol–water partition coefficient (Wildman–Crippen LogP) is 10.6. The number of hydrogen-bond acceptors (Lipinski definition) is 4. The first-order chi connectivity index (χ1) is 18.1. The molecule has 0 saturated carbocycles. The van der Waals surface area contributed by atoms with Crippen LogP contribution in [-0.2, 0) is 4.57 Å². The fraction of sp³-hybridized carbons (Fsp3) is 0. The van der Waals surface area contributed by atoms with Crippen LogP contribution in [0.5, 0.6) is 17.6 Å². The normalized spacial score (nSPS) is 12.1. The molecule has 3 aromatic heterocycles. The summed E-state index contributed by atoms with van der Waals surface area (Å²) in [5.41, 5.74) is 2.09. The van der Waals surface area contributed by atoms with Crippen molar-refractivity contribution in [2.45, 2.75) is 0 Å². The number of rotatable bonds is 6. The number of fused-ring (bicyclic) bond motifs is 3. The van der Waals surface area contributed by atoms with Gasteiger partial charge < -0.3 is 13.6 Å². The number of aromatic nitrogens is 3. The zero-order valence-corrected chi connectivity index (χ0v) is 26.5. The molecular weight excluding hydrogens is 771 g/mol. The number of phosphoric ester groups is 1. The molecule has 14 heteroatoms. The first-order valence-electron chi connectivity index (χ1n) is 10.7. The van der Waals surface area contributed by atoms with Gasteiger partial charge in [-0.25, -0.2) is 10.8 Å². The highest BCUT2D eigenvalue weighted by molar-refractivity contribution is 9.08. The Morgan fingerprint density at radius 1 is 0.553 bits per heavy atom. The molecule has 3 heterocycles. The van der Waals surface area contributed by atoms with Gasteiger partial charge in [0.15, 0.2) is 0 Å². The summed E-state index contributed by atoms with van der Waals surface area (Å²) in [5, 5.41) is 3.51. The van der Waals surface area contributed by atoms with E-state index >= 15 is 0 Å². The molecule has 0 amide bonds. The lowest BCUT2D eigenvalue weighted by atomic mass is 10.2. The molecule has 0 radical (unpaired) electrons. The van der Waals surface area contributed by atoms with Crippen molar-refractivity contribution in [1.29, 1.82) is 0 Å². The van der Waals surface area contributed by atoms with E-state index < -0.39 is 7.82 Å². The molecule has 0 aliphatic rings. The average molecular weight is 783 g/mol. The van der Waals surface area contributed by atoms with Gasteiger partial charge in [0.05, 0.1) is 80.1 Å². The van der Waals surface area contributed by atoms with Crippen molar-refractivity contribution < 1.29 is 18.1 Å². The Morgan fingerprint density at radius 3 is 1.11 bits per heavy atom. The summed E-state index contributed by atoms with van der Waals surface area (Å²) in [6.45, 7) is 0. The van der Waals surface area contributed by atoms with Gasteiger partial charge in [0.25, 0.3) is 0 Å². The fourth-order valence-corrected chi connectivity index (χ4v) is 7.66. The first-order valence-corrected chi connectivity index (χ1v) is 15.4. The van der Waals surface area contributed by atoms with Crippen LogP contribution < -0.4 is 13.6 Å². The van der Waals surface area contributed by atoms with E-state index in [0.29, 0.717) is 47.8 Å². The third-order valence-corrected chi connectivity index (χ3v) is 10.1. The molecule has 7 nitrogen and oxygen atoms in total. The van der Waals surface area contributed by atoms with Crippen molar-refractivity contribution in [2.24, 2.45) is 0 Å². The smallest absolute Gasteiger partial charge is 0.368 e. The summed E-state index contributed by atoms with van der Waals surface area (Å²) in [6, 6.07) is 21.0. The van der Waals surface area contributed by atoms with E-state index in [1.54, 1.807) is 54.6 Å². The number of phosphoric acid groups is 1. The van der Waals surface area contributed by atoms with Crippen LogP contribution in [0.2, 0.25) is 15.1 Å². The lowest BCUT2D eigenvalue weighted by molar-refractivity contribution is 0.287. The Balaban J connectivity index is 1.47. The van der Waals surface area contributed by atoms with Gasteiger partial charge in [-0.3, -0.25) is 0 Å². The van der Waals surface area contributed by atoms with Crippen LogP contribution in [0, 0.1) is 0 Å². The van der Waals surface area contributed by atoms with Crippen molar-refractivity contribution in [3.63, 3.8) is 0 Å². The van der Waals surface area contributed by atoms with Gasteiger partial charge in [0.1, 0.15) is 0 Å². The highest BCUT2D eigenvalue weighted by atomic mass is 79.9. The van der Waals surface area contributed by atoms with Crippen LogP contribution in [0.3, 0.4) is 0 Å². The maximum Gasteiger partial charge on any atom is 0.650 e. The molecule has 0 N–H and O–H groups in total. The summed E-state index contributed by atoms with van der Waals surface area (Å²) in [7, 11) is -4.46. The van der Waals surface area contributed by atoms with Crippen molar-refractivity contribution >= 4 is 124 Å². The third kappa shape index (κ3) is 4.54. The highest BCUT2D eigenvalue weighted by Gasteiger charge is 2.38. The Hall–Kier alpha value is -1.78. The molecule has 6 rings (SSSR count). The Morgan fingerprint density at radius 2 is 0.842 bits per heavy atom. The van der Waals surface area contributed by atoms with E-state index in [4.69, 9.17) is 48.4 Å². The van der Waals surface area contributed by atoms with E-state index in [1.807, 2.05) is 18.2 Å². The number of hydrogen-bond donors (Lipinski definition) is 0. The van der Waals surface area contributed by atoms with Crippen LogP contribution >= 0.6 is 91.1 Å². The van der Waals surface area contributed by atoms with Gasteiger partial charge >= 0.3 is 7.82 Å². The van der Waals surface area contributed by atoms with Gasteiger partial charge in [-0.05, 0) is 36.4 Å². The molecule has 0 saturated heterocycles. The summed E-state index contributed by atoms with van der Waals surface area (Å²) in [4.78, 5) is 0. The molecule has 38 heavy (non-hydrogen) atoms. The highest BCUT2D eigenvalue weighted by Crippen LogP contribution is 2.53. The van der Waals surface area contributed by atoms with Crippen LogP contribution in [0.1, 0.15) is 0 Å². The topological polar surface area (TPSA) is 59.6 Å². The SMILES string of the molecule is O=P(Oc1cc2c(Cl)cccc2n1Br)(Oc1cc2c(Cl)cccc2n1Br)Oc1cc2c(Cl)cccc2n1Br. The van der Waals surface area contributed by atoms with Crippen molar-refractivity contribution in [1.82, 2.24) is 10.8 Å². The number of halogens is 6. The molecule has 3 aromatic carbocycles. The van der Waals surface area contributed by atoms with E-state index in [9.17, 15) is 4.57 Å². The van der Waals surface area contributed by atoms with Gasteiger partial charge in [0, 0.05) is 34.4 Å². The molecule has 6 aromatic rings.